The Bertz CT molecular complexity index is 404. The minimum absolute atomic E-state index is 0.00259. The number of carbonyl (C=O) groups excluding carboxylic acids is 1. The maximum atomic E-state index is 12.3. The summed E-state index contributed by atoms with van der Waals surface area (Å²) in [5, 5.41) is 11.9. The van der Waals surface area contributed by atoms with Gasteiger partial charge in [-0.3, -0.25) is 4.79 Å². The fourth-order valence-corrected chi connectivity index (χ4v) is 1.88. The molecule has 1 fully saturated rings. The third kappa shape index (κ3) is 2.55. The number of anilines is 1. The molecule has 0 bridgehead atoms. The molecule has 2 N–H and O–H groups in total. The standard InChI is InChI=1S/C12H17N3O2/c1-13-11-10(3-2-6-14-11)12(17)15(7-8-16)9-4-5-9/h2-3,6,9,16H,4-5,7-8H2,1H3,(H,13,14). The zero-order valence-corrected chi connectivity index (χ0v) is 9.89. The van der Waals surface area contributed by atoms with E-state index in [1.165, 1.54) is 0 Å². The number of aromatic nitrogens is 1. The molecule has 1 heterocycles. The fourth-order valence-electron chi connectivity index (χ4n) is 1.88. The smallest absolute Gasteiger partial charge is 0.257 e. The van der Waals surface area contributed by atoms with Crippen molar-refractivity contribution >= 4 is 11.7 Å². The van der Waals surface area contributed by atoms with Crippen LogP contribution in [0.25, 0.3) is 0 Å². The first-order chi connectivity index (χ1) is 8.27. The summed E-state index contributed by atoms with van der Waals surface area (Å²) in [6.45, 7) is 0.388. The Morgan fingerprint density at radius 1 is 1.65 bits per heavy atom. The number of amides is 1. The third-order valence-electron chi connectivity index (χ3n) is 2.86. The molecule has 5 nitrogen and oxygen atoms in total. The second-order valence-electron chi connectivity index (χ2n) is 4.10. The highest BCUT2D eigenvalue weighted by Gasteiger charge is 2.33. The van der Waals surface area contributed by atoms with Crippen molar-refractivity contribution in [2.75, 3.05) is 25.5 Å². The first-order valence-corrected chi connectivity index (χ1v) is 5.82. The zero-order chi connectivity index (χ0) is 12.3. The molecule has 1 aliphatic carbocycles. The molecule has 17 heavy (non-hydrogen) atoms. The van der Waals surface area contributed by atoms with Crippen molar-refractivity contribution in [1.82, 2.24) is 9.88 Å². The lowest BCUT2D eigenvalue weighted by atomic mass is 10.2. The average Bonchev–Trinajstić information content (AvgIpc) is 3.19. The topological polar surface area (TPSA) is 65.5 Å². The number of nitrogens with one attached hydrogen (secondary N) is 1. The lowest BCUT2D eigenvalue weighted by Crippen LogP contribution is -2.35. The molecule has 0 aromatic carbocycles. The van der Waals surface area contributed by atoms with Gasteiger partial charge in [-0.1, -0.05) is 0 Å². The fraction of sp³-hybridized carbons (Fsp3) is 0.500. The Kier molecular flexibility index (Phi) is 3.58. The van der Waals surface area contributed by atoms with E-state index in [2.05, 4.69) is 10.3 Å². The lowest BCUT2D eigenvalue weighted by molar-refractivity contribution is 0.0708. The molecule has 0 atom stereocenters. The summed E-state index contributed by atoms with van der Waals surface area (Å²) in [6, 6.07) is 3.80. The number of pyridine rings is 1. The largest absolute Gasteiger partial charge is 0.395 e. The van der Waals surface area contributed by atoms with Crippen LogP contribution < -0.4 is 5.32 Å². The molecule has 5 heteroatoms. The van der Waals surface area contributed by atoms with E-state index in [1.54, 1.807) is 30.3 Å². The van der Waals surface area contributed by atoms with Gasteiger partial charge >= 0.3 is 0 Å². The number of aliphatic hydroxyl groups excluding tert-OH is 1. The summed E-state index contributed by atoms with van der Waals surface area (Å²) < 4.78 is 0. The number of hydrogen-bond acceptors (Lipinski definition) is 4. The van der Waals surface area contributed by atoms with Crippen molar-refractivity contribution in [2.24, 2.45) is 0 Å². The number of carbonyl (C=O) groups is 1. The lowest BCUT2D eigenvalue weighted by Gasteiger charge is -2.22. The Balaban J connectivity index is 2.21. The van der Waals surface area contributed by atoms with E-state index in [1.807, 2.05) is 0 Å². The Hall–Kier alpha value is -1.62. The summed E-state index contributed by atoms with van der Waals surface area (Å²) in [5.74, 6) is 0.528. The minimum atomic E-state index is -0.0565. The van der Waals surface area contributed by atoms with Crippen LogP contribution in [0.3, 0.4) is 0 Å². The van der Waals surface area contributed by atoms with E-state index in [4.69, 9.17) is 5.11 Å². The quantitative estimate of drug-likeness (QED) is 0.789. The molecule has 0 unspecified atom stereocenters. The summed E-state index contributed by atoms with van der Waals surface area (Å²) in [6.07, 6.45) is 3.71. The second-order valence-corrected chi connectivity index (χ2v) is 4.10. The van der Waals surface area contributed by atoms with Gasteiger partial charge in [-0.15, -0.1) is 0 Å². The highest BCUT2D eigenvalue weighted by atomic mass is 16.3. The molecule has 0 aliphatic heterocycles. The van der Waals surface area contributed by atoms with Gasteiger partial charge in [-0.05, 0) is 25.0 Å². The first kappa shape index (κ1) is 11.9. The van der Waals surface area contributed by atoms with Crippen LogP contribution in [-0.2, 0) is 0 Å². The number of hydrogen-bond donors (Lipinski definition) is 2. The number of nitrogens with zero attached hydrogens (tertiary/aromatic N) is 2. The van der Waals surface area contributed by atoms with E-state index >= 15 is 0 Å². The molecular formula is C12H17N3O2. The van der Waals surface area contributed by atoms with Gasteiger partial charge in [0.15, 0.2) is 0 Å². The molecule has 1 aromatic rings. The van der Waals surface area contributed by atoms with Gasteiger partial charge in [-0.25, -0.2) is 4.98 Å². The van der Waals surface area contributed by atoms with Crippen LogP contribution in [0, 0.1) is 0 Å². The Labute approximate surface area is 100 Å². The van der Waals surface area contributed by atoms with Gasteiger partial charge in [0.25, 0.3) is 5.91 Å². The molecule has 0 saturated heterocycles. The third-order valence-corrected chi connectivity index (χ3v) is 2.86. The van der Waals surface area contributed by atoms with Crippen molar-refractivity contribution in [3.05, 3.63) is 23.9 Å². The number of aliphatic hydroxyl groups is 1. The average molecular weight is 235 g/mol. The minimum Gasteiger partial charge on any atom is -0.395 e. The Morgan fingerprint density at radius 3 is 3.00 bits per heavy atom. The van der Waals surface area contributed by atoms with Crippen molar-refractivity contribution in [2.45, 2.75) is 18.9 Å². The van der Waals surface area contributed by atoms with Crippen LogP contribution >= 0.6 is 0 Å². The van der Waals surface area contributed by atoms with Crippen LogP contribution in [0.4, 0.5) is 5.82 Å². The first-order valence-electron chi connectivity index (χ1n) is 5.82. The van der Waals surface area contributed by atoms with Gasteiger partial charge in [0.2, 0.25) is 0 Å². The Morgan fingerprint density at radius 2 is 2.41 bits per heavy atom. The maximum Gasteiger partial charge on any atom is 0.257 e. The van der Waals surface area contributed by atoms with Gasteiger partial charge in [-0.2, -0.15) is 0 Å². The van der Waals surface area contributed by atoms with Crippen LogP contribution in [0.15, 0.2) is 18.3 Å². The predicted octanol–water partition coefficient (Wildman–Crippen LogP) is 0.720. The van der Waals surface area contributed by atoms with Crippen LogP contribution in [0.1, 0.15) is 23.2 Å². The van der Waals surface area contributed by atoms with Crippen molar-refractivity contribution in [3.8, 4) is 0 Å². The maximum absolute atomic E-state index is 12.3. The highest BCUT2D eigenvalue weighted by Crippen LogP contribution is 2.28. The monoisotopic (exact) mass is 235 g/mol. The molecule has 1 aliphatic rings. The summed E-state index contributed by atoms with van der Waals surface area (Å²) in [5.41, 5.74) is 0.565. The summed E-state index contributed by atoms with van der Waals surface area (Å²) in [4.78, 5) is 18.2. The van der Waals surface area contributed by atoms with Gasteiger partial charge < -0.3 is 15.3 Å². The highest BCUT2D eigenvalue weighted by molar-refractivity contribution is 5.99. The van der Waals surface area contributed by atoms with Gasteiger partial charge in [0.05, 0.1) is 12.2 Å². The van der Waals surface area contributed by atoms with Gasteiger partial charge in [0, 0.05) is 25.8 Å². The summed E-state index contributed by atoms with van der Waals surface area (Å²) >= 11 is 0. The molecule has 2 rings (SSSR count). The number of rotatable bonds is 5. The molecule has 0 radical (unpaired) electrons. The van der Waals surface area contributed by atoms with E-state index in [0.29, 0.717) is 24.0 Å². The van der Waals surface area contributed by atoms with Crippen molar-refractivity contribution in [3.63, 3.8) is 0 Å². The van der Waals surface area contributed by atoms with E-state index < -0.39 is 0 Å². The van der Waals surface area contributed by atoms with Crippen molar-refractivity contribution < 1.29 is 9.90 Å². The van der Waals surface area contributed by atoms with Crippen LogP contribution in [0.2, 0.25) is 0 Å². The molecule has 1 saturated carbocycles. The van der Waals surface area contributed by atoms with Crippen LogP contribution in [0.5, 0.6) is 0 Å². The normalized spacial score (nSPS) is 14.5. The molecule has 0 spiro atoms. The predicted molar refractivity (Wildman–Crippen MR) is 64.9 cm³/mol. The van der Waals surface area contributed by atoms with Gasteiger partial charge in [0.1, 0.15) is 5.82 Å². The second kappa shape index (κ2) is 5.14. The van der Waals surface area contributed by atoms with E-state index in [-0.39, 0.29) is 12.5 Å². The van der Waals surface area contributed by atoms with Crippen LogP contribution in [-0.4, -0.2) is 47.1 Å². The van der Waals surface area contributed by atoms with E-state index in [9.17, 15) is 4.79 Å². The van der Waals surface area contributed by atoms with E-state index in [0.717, 1.165) is 12.8 Å². The molecule has 92 valence electrons. The SMILES string of the molecule is CNc1ncccc1C(=O)N(CCO)C1CC1. The summed E-state index contributed by atoms with van der Waals surface area (Å²) in [7, 11) is 1.74. The molecule has 1 aromatic heterocycles. The zero-order valence-electron chi connectivity index (χ0n) is 9.89. The molecule has 1 amide bonds. The van der Waals surface area contributed by atoms with Crippen molar-refractivity contribution in [1.29, 1.82) is 0 Å². The molecular weight excluding hydrogens is 218 g/mol.